The Labute approximate surface area is 89.3 Å². The standard InChI is InChI=1S/C11H16N2O2/c1-12-11(15)10(13-8-14)7-9-5-3-2-4-6-9/h2-6,10,13-14H,7-8H2,1H3,(H,12,15)/t10-/m0/s1. The van der Waals surface area contributed by atoms with Crippen LogP contribution in [0.2, 0.25) is 0 Å². The van der Waals surface area contributed by atoms with E-state index in [4.69, 9.17) is 5.11 Å². The van der Waals surface area contributed by atoms with Crippen molar-refractivity contribution in [1.29, 1.82) is 0 Å². The number of amides is 1. The van der Waals surface area contributed by atoms with Crippen LogP contribution in [-0.4, -0.2) is 30.8 Å². The van der Waals surface area contributed by atoms with Crippen molar-refractivity contribution < 1.29 is 9.90 Å². The SMILES string of the molecule is CNC(=O)[C@H](Cc1ccccc1)NCO. The molecule has 0 spiro atoms. The van der Waals surface area contributed by atoms with Crippen molar-refractivity contribution in [2.75, 3.05) is 13.8 Å². The van der Waals surface area contributed by atoms with E-state index in [0.717, 1.165) is 5.56 Å². The molecule has 1 aromatic rings. The van der Waals surface area contributed by atoms with Crippen molar-refractivity contribution >= 4 is 5.91 Å². The molecule has 1 aromatic carbocycles. The molecule has 3 N–H and O–H groups in total. The lowest BCUT2D eigenvalue weighted by molar-refractivity contribution is -0.123. The van der Waals surface area contributed by atoms with Gasteiger partial charge in [0, 0.05) is 7.05 Å². The second-order valence-electron chi connectivity index (χ2n) is 3.22. The van der Waals surface area contributed by atoms with E-state index in [1.54, 1.807) is 7.05 Å². The lowest BCUT2D eigenvalue weighted by Crippen LogP contribution is -2.44. The average molecular weight is 208 g/mol. The fraction of sp³-hybridized carbons (Fsp3) is 0.364. The largest absolute Gasteiger partial charge is 0.381 e. The lowest BCUT2D eigenvalue weighted by Gasteiger charge is -2.15. The molecule has 1 rings (SSSR count). The molecule has 0 aliphatic rings. The Hall–Kier alpha value is -1.39. The third kappa shape index (κ3) is 3.69. The van der Waals surface area contributed by atoms with Crippen LogP contribution in [0.3, 0.4) is 0 Å². The molecule has 0 aromatic heterocycles. The van der Waals surface area contributed by atoms with Crippen molar-refractivity contribution in [3.63, 3.8) is 0 Å². The Bertz CT molecular complexity index is 301. The summed E-state index contributed by atoms with van der Waals surface area (Å²) in [7, 11) is 1.58. The van der Waals surface area contributed by atoms with Gasteiger partial charge < -0.3 is 10.4 Å². The van der Waals surface area contributed by atoms with Gasteiger partial charge in [0.15, 0.2) is 0 Å². The summed E-state index contributed by atoms with van der Waals surface area (Å²) in [6.45, 7) is -0.203. The van der Waals surface area contributed by atoms with Gasteiger partial charge >= 0.3 is 0 Å². The molecule has 15 heavy (non-hydrogen) atoms. The number of likely N-dealkylation sites (N-methyl/N-ethyl adjacent to an activating group) is 1. The highest BCUT2D eigenvalue weighted by Gasteiger charge is 2.15. The first-order valence-corrected chi connectivity index (χ1v) is 4.87. The summed E-state index contributed by atoms with van der Waals surface area (Å²) in [4.78, 5) is 11.4. The number of carbonyl (C=O) groups is 1. The average Bonchev–Trinajstić information content (AvgIpc) is 2.29. The molecule has 0 bridgehead atoms. The molecule has 0 aliphatic carbocycles. The quantitative estimate of drug-likeness (QED) is 0.591. The highest BCUT2D eigenvalue weighted by Crippen LogP contribution is 2.03. The zero-order valence-corrected chi connectivity index (χ0v) is 8.73. The molecular formula is C11H16N2O2. The number of benzene rings is 1. The Morgan fingerprint density at radius 2 is 2.07 bits per heavy atom. The number of hydrogen-bond donors (Lipinski definition) is 3. The number of aliphatic hydroxyl groups is 1. The Kier molecular flexibility index (Phi) is 4.80. The number of hydrogen-bond acceptors (Lipinski definition) is 3. The van der Waals surface area contributed by atoms with Crippen LogP contribution in [0.15, 0.2) is 30.3 Å². The molecule has 4 heteroatoms. The summed E-state index contributed by atoms with van der Waals surface area (Å²) in [6.07, 6.45) is 0.571. The first-order valence-electron chi connectivity index (χ1n) is 4.87. The van der Waals surface area contributed by atoms with E-state index in [2.05, 4.69) is 10.6 Å². The second-order valence-corrected chi connectivity index (χ2v) is 3.22. The molecule has 0 fully saturated rings. The van der Waals surface area contributed by atoms with Crippen LogP contribution < -0.4 is 10.6 Å². The first kappa shape index (κ1) is 11.7. The van der Waals surface area contributed by atoms with Crippen LogP contribution in [0.4, 0.5) is 0 Å². The van der Waals surface area contributed by atoms with Gasteiger partial charge in [0.1, 0.15) is 0 Å². The van der Waals surface area contributed by atoms with Crippen LogP contribution in [0.5, 0.6) is 0 Å². The van der Waals surface area contributed by atoms with Gasteiger partial charge in [-0.3, -0.25) is 10.1 Å². The molecule has 1 amide bonds. The number of aliphatic hydroxyl groups excluding tert-OH is 1. The third-order valence-electron chi connectivity index (χ3n) is 2.18. The molecule has 4 nitrogen and oxygen atoms in total. The number of rotatable bonds is 5. The molecule has 1 atom stereocenters. The predicted octanol–water partition coefficient (Wildman–Crippen LogP) is -0.117. The Balaban J connectivity index is 2.62. The molecule has 0 heterocycles. The maximum Gasteiger partial charge on any atom is 0.237 e. The van der Waals surface area contributed by atoms with Crippen LogP contribution in [0.25, 0.3) is 0 Å². The van der Waals surface area contributed by atoms with Crippen LogP contribution >= 0.6 is 0 Å². The summed E-state index contributed by atoms with van der Waals surface area (Å²) in [5.41, 5.74) is 1.06. The maximum atomic E-state index is 11.4. The van der Waals surface area contributed by atoms with Crippen LogP contribution in [0, 0.1) is 0 Å². The summed E-state index contributed by atoms with van der Waals surface area (Å²) in [5.74, 6) is -0.118. The fourth-order valence-corrected chi connectivity index (χ4v) is 1.39. The topological polar surface area (TPSA) is 61.4 Å². The number of nitrogens with one attached hydrogen (secondary N) is 2. The van der Waals surface area contributed by atoms with E-state index in [1.165, 1.54) is 0 Å². The fourth-order valence-electron chi connectivity index (χ4n) is 1.39. The van der Waals surface area contributed by atoms with Gasteiger partial charge in [0.25, 0.3) is 0 Å². The van der Waals surface area contributed by atoms with Crippen LogP contribution in [-0.2, 0) is 11.2 Å². The highest BCUT2D eigenvalue weighted by molar-refractivity contribution is 5.81. The molecule has 0 saturated carbocycles. The molecule has 82 valence electrons. The minimum absolute atomic E-state index is 0.118. The van der Waals surface area contributed by atoms with Crippen LogP contribution in [0.1, 0.15) is 5.56 Å². The van der Waals surface area contributed by atoms with E-state index in [0.29, 0.717) is 6.42 Å². The summed E-state index contributed by atoms with van der Waals surface area (Å²) in [5, 5.41) is 14.1. The van der Waals surface area contributed by atoms with Crippen molar-refractivity contribution in [1.82, 2.24) is 10.6 Å². The van der Waals surface area contributed by atoms with Gasteiger partial charge in [-0.25, -0.2) is 0 Å². The summed E-state index contributed by atoms with van der Waals surface area (Å²) < 4.78 is 0. The van der Waals surface area contributed by atoms with E-state index < -0.39 is 0 Å². The van der Waals surface area contributed by atoms with E-state index in [-0.39, 0.29) is 18.7 Å². The molecule has 0 unspecified atom stereocenters. The third-order valence-corrected chi connectivity index (χ3v) is 2.18. The normalized spacial score (nSPS) is 12.1. The van der Waals surface area contributed by atoms with Gasteiger partial charge in [-0.2, -0.15) is 0 Å². The summed E-state index contributed by atoms with van der Waals surface area (Å²) >= 11 is 0. The van der Waals surface area contributed by atoms with Gasteiger partial charge in [0.2, 0.25) is 5.91 Å². The molecule has 0 radical (unpaired) electrons. The predicted molar refractivity (Wildman–Crippen MR) is 58.2 cm³/mol. The van der Waals surface area contributed by atoms with Crippen molar-refractivity contribution in [3.8, 4) is 0 Å². The minimum atomic E-state index is -0.387. The van der Waals surface area contributed by atoms with Gasteiger partial charge in [-0.1, -0.05) is 30.3 Å². The van der Waals surface area contributed by atoms with E-state index in [1.807, 2.05) is 30.3 Å². The monoisotopic (exact) mass is 208 g/mol. The smallest absolute Gasteiger partial charge is 0.237 e. The van der Waals surface area contributed by atoms with Gasteiger partial charge in [-0.05, 0) is 12.0 Å². The second kappa shape index (κ2) is 6.16. The van der Waals surface area contributed by atoms with E-state index in [9.17, 15) is 4.79 Å². The lowest BCUT2D eigenvalue weighted by atomic mass is 10.1. The molecule has 0 saturated heterocycles. The van der Waals surface area contributed by atoms with Crippen molar-refractivity contribution in [3.05, 3.63) is 35.9 Å². The zero-order valence-electron chi connectivity index (χ0n) is 8.73. The van der Waals surface area contributed by atoms with Crippen molar-refractivity contribution in [2.45, 2.75) is 12.5 Å². The Morgan fingerprint density at radius 1 is 1.40 bits per heavy atom. The van der Waals surface area contributed by atoms with Crippen molar-refractivity contribution in [2.24, 2.45) is 0 Å². The Morgan fingerprint density at radius 3 is 2.60 bits per heavy atom. The summed E-state index contributed by atoms with van der Waals surface area (Å²) in [6, 6.07) is 9.30. The maximum absolute atomic E-state index is 11.4. The highest BCUT2D eigenvalue weighted by atomic mass is 16.3. The minimum Gasteiger partial charge on any atom is -0.381 e. The van der Waals surface area contributed by atoms with E-state index >= 15 is 0 Å². The van der Waals surface area contributed by atoms with Gasteiger partial charge in [-0.15, -0.1) is 0 Å². The molecular weight excluding hydrogens is 192 g/mol. The zero-order chi connectivity index (χ0) is 11.1. The molecule has 0 aliphatic heterocycles. The number of carbonyl (C=O) groups excluding carboxylic acids is 1. The first-order chi connectivity index (χ1) is 7.27. The van der Waals surface area contributed by atoms with Gasteiger partial charge in [0.05, 0.1) is 12.8 Å².